The molecule has 4 nitrogen and oxygen atoms in total. The summed E-state index contributed by atoms with van der Waals surface area (Å²) in [6, 6.07) is 0. The van der Waals surface area contributed by atoms with E-state index in [1.54, 1.807) is 0 Å². The first-order valence-corrected chi connectivity index (χ1v) is 6.51. The number of carboxylic acid groups (broad SMARTS) is 1. The van der Waals surface area contributed by atoms with Crippen LogP contribution in [0.5, 0.6) is 0 Å². The fourth-order valence-electron chi connectivity index (χ4n) is 1.66. The second-order valence-corrected chi connectivity index (χ2v) is 4.31. The third kappa shape index (κ3) is 9.85. The topological polar surface area (TPSA) is 63.6 Å². The molecule has 0 saturated heterocycles. The van der Waals surface area contributed by atoms with Gasteiger partial charge in [0.15, 0.2) is 0 Å². The third-order valence-electron chi connectivity index (χ3n) is 2.55. The number of carbonyl (C=O) groups excluding carboxylic acids is 1. The van der Waals surface area contributed by atoms with Gasteiger partial charge < -0.3 is 9.84 Å². The molecule has 0 aromatic heterocycles. The maximum absolute atomic E-state index is 11.5. The van der Waals surface area contributed by atoms with E-state index in [1.165, 1.54) is 0 Å². The molecule has 1 atom stereocenters. The normalized spacial score (nSPS) is 12.1. The first kappa shape index (κ1) is 15.9. The number of aliphatic carboxylic acids is 1. The summed E-state index contributed by atoms with van der Waals surface area (Å²) < 4.78 is 5.16. The minimum atomic E-state index is -0.915. The second kappa shape index (κ2) is 10.1. The molecule has 1 unspecified atom stereocenters. The molecule has 100 valence electrons. The van der Waals surface area contributed by atoms with Gasteiger partial charge in [-0.25, -0.2) is 0 Å². The highest BCUT2D eigenvalue weighted by molar-refractivity contribution is 5.71. The van der Waals surface area contributed by atoms with Crippen LogP contribution in [0.3, 0.4) is 0 Å². The number of unbranched alkanes of at least 4 members (excludes halogenated alkanes) is 3. The summed E-state index contributed by atoms with van der Waals surface area (Å²) in [5.41, 5.74) is 0. The Morgan fingerprint density at radius 3 is 2.35 bits per heavy atom. The minimum absolute atomic E-state index is 0.0888. The van der Waals surface area contributed by atoms with Crippen molar-refractivity contribution < 1.29 is 19.4 Å². The highest BCUT2D eigenvalue weighted by Gasteiger charge is 2.16. The summed E-state index contributed by atoms with van der Waals surface area (Å²) in [5.74, 6) is -1.18. The molecule has 0 bridgehead atoms. The molecule has 0 aliphatic carbocycles. The van der Waals surface area contributed by atoms with Gasteiger partial charge in [0.25, 0.3) is 0 Å². The number of hydrogen-bond acceptors (Lipinski definition) is 3. The van der Waals surface area contributed by atoms with Crippen LogP contribution >= 0.6 is 0 Å². The van der Waals surface area contributed by atoms with Gasteiger partial charge in [-0.2, -0.15) is 0 Å². The molecule has 0 rings (SSSR count). The quantitative estimate of drug-likeness (QED) is 0.473. The molecule has 0 spiro atoms. The minimum Gasteiger partial charge on any atom is -0.481 e. The van der Waals surface area contributed by atoms with E-state index >= 15 is 0 Å². The Labute approximate surface area is 103 Å². The highest BCUT2D eigenvalue weighted by atomic mass is 16.5. The van der Waals surface area contributed by atoms with Crippen LogP contribution in [0.15, 0.2) is 0 Å². The predicted octanol–water partition coefficient (Wildman–Crippen LogP) is 3.14. The van der Waals surface area contributed by atoms with E-state index < -0.39 is 12.1 Å². The number of hydrogen-bond donors (Lipinski definition) is 1. The van der Waals surface area contributed by atoms with Gasteiger partial charge in [-0.05, 0) is 12.8 Å². The van der Waals surface area contributed by atoms with Crippen molar-refractivity contribution in [2.24, 2.45) is 0 Å². The molecule has 4 heteroatoms. The zero-order valence-electron chi connectivity index (χ0n) is 10.9. The average Bonchev–Trinajstić information content (AvgIpc) is 2.24. The second-order valence-electron chi connectivity index (χ2n) is 4.31. The van der Waals surface area contributed by atoms with E-state index in [2.05, 4.69) is 6.92 Å². The van der Waals surface area contributed by atoms with Crippen LogP contribution in [0.4, 0.5) is 0 Å². The van der Waals surface area contributed by atoms with Gasteiger partial charge in [0.1, 0.15) is 6.10 Å². The smallest absolute Gasteiger partial charge is 0.307 e. The van der Waals surface area contributed by atoms with Gasteiger partial charge in [0.2, 0.25) is 0 Å². The molecule has 1 N–H and O–H groups in total. The molecule has 0 saturated carbocycles. The highest BCUT2D eigenvalue weighted by Crippen LogP contribution is 2.10. The Kier molecular flexibility index (Phi) is 9.49. The van der Waals surface area contributed by atoms with Crippen molar-refractivity contribution in [3.8, 4) is 0 Å². The van der Waals surface area contributed by atoms with Crippen LogP contribution < -0.4 is 0 Å². The monoisotopic (exact) mass is 244 g/mol. The molecule has 17 heavy (non-hydrogen) atoms. The lowest BCUT2D eigenvalue weighted by Crippen LogP contribution is -2.21. The van der Waals surface area contributed by atoms with Crippen molar-refractivity contribution in [2.75, 3.05) is 0 Å². The summed E-state index contributed by atoms with van der Waals surface area (Å²) in [5, 5.41) is 8.68. The van der Waals surface area contributed by atoms with Crippen molar-refractivity contribution in [1.29, 1.82) is 0 Å². The average molecular weight is 244 g/mol. The molecule has 0 radical (unpaired) electrons. The first-order valence-electron chi connectivity index (χ1n) is 6.51. The SMILES string of the molecule is CCCCCCC(=O)OC(CCC)CC(=O)O. The van der Waals surface area contributed by atoms with Crippen molar-refractivity contribution >= 4 is 11.9 Å². The van der Waals surface area contributed by atoms with Crippen molar-refractivity contribution in [3.05, 3.63) is 0 Å². The molecule has 0 aliphatic rings. The molecule has 0 fully saturated rings. The fraction of sp³-hybridized carbons (Fsp3) is 0.846. The zero-order chi connectivity index (χ0) is 13.1. The zero-order valence-corrected chi connectivity index (χ0v) is 10.9. The third-order valence-corrected chi connectivity index (χ3v) is 2.55. The van der Waals surface area contributed by atoms with Crippen LogP contribution in [0.2, 0.25) is 0 Å². The van der Waals surface area contributed by atoms with Crippen LogP contribution in [0, 0.1) is 0 Å². The fourth-order valence-corrected chi connectivity index (χ4v) is 1.66. The Bertz CT molecular complexity index is 225. The van der Waals surface area contributed by atoms with E-state index in [9.17, 15) is 9.59 Å². The molecule has 0 aromatic carbocycles. The Balaban J connectivity index is 3.82. The van der Waals surface area contributed by atoms with Gasteiger partial charge in [0.05, 0.1) is 6.42 Å². The summed E-state index contributed by atoms with van der Waals surface area (Å²) in [7, 11) is 0. The van der Waals surface area contributed by atoms with E-state index in [-0.39, 0.29) is 12.4 Å². The van der Waals surface area contributed by atoms with Crippen molar-refractivity contribution in [2.45, 2.75) is 71.3 Å². The summed E-state index contributed by atoms with van der Waals surface area (Å²) in [6.07, 6.45) is 5.41. The van der Waals surface area contributed by atoms with Crippen LogP contribution in [-0.4, -0.2) is 23.1 Å². The van der Waals surface area contributed by atoms with Gasteiger partial charge in [-0.1, -0.05) is 39.5 Å². The number of esters is 1. The number of ether oxygens (including phenoxy) is 1. The Hall–Kier alpha value is -1.06. The Morgan fingerprint density at radius 2 is 1.82 bits per heavy atom. The molecular weight excluding hydrogens is 220 g/mol. The lowest BCUT2D eigenvalue weighted by Gasteiger charge is -2.15. The van der Waals surface area contributed by atoms with Gasteiger partial charge in [-0.3, -0.25) is 9.59 Å². The lowest BCUT2D eigenvalue weighted by atomic mass is 10.1. The molecule has 0 aliphatic heterocycles. The first-order chi connectivity index (χ1) is 8.10. The molecule has 0 amide bonds. The Morgan fingerprint density at radius 1 is 1.12 bits per heavy atom. The molecule has 0 heterocycles. The van der Waals surface area contributed by atoms with E-state index in [4.69, 9.17) is 9.84 Å². The van der Waals surface area contributed by atoms with Crippen LogP contribution in [0.25, 0.3) is 0 Å². The maximum atomic E-state index is 11.5. The van der Waals surface area contributed by atoms with E-state index in [0.29, 0.717) is 12.8 Å². The van der Waals surface area contributed by atoms with Crippen molar-refractivity contribution in [3.63, 3.8) is 0 Å². The number of carboxylic acids is 1. The summed E-state index contributed by atoms with van der Waals surface area (Å²) in [4.78, 5) is 22.0. The number of carbonyl (C=O) groups is 2. The largest absolute Gasteiger partial charge is 0.481 e. The van der Waals surface area contributed by atoms with Crippen LogP contribution in [-0.2, 0) is 14.3 Å². The number of rotatable bonds is 10. The lowest BCUT2D eigenvalue weighted by molar-refractivity contribution is -0.153. The van der Waals surface area contributed by atoms with E-state index in [0.717, 1.165) is 32.1 Å². The molecular formula is C13H24O4. The van der Waals surface area contributed by atoms with E-state index in [1.807, 2.05) is 6.92 Å². The van der Waals surface area contributed by atoms with Crippen molar-refractivity contribution in [1.82, 2.24) is 0 Å². The predicted molar refractivity (Wildman–Crippen MR) is 65.8 cm³/mol. The van der Waals surface area contributed by atoms with Gasteiger partial charge in [-0.15, -0.1) is 0 Å². The summed E-state index contributed by atoms with van der Waals surface area (Å²) in [6.45, 7) is 4.06. The maximum Gasteiger partial charge on any atom is 0.307 e. The van der Waals surface area contributed by atoms with Crippen LogP contribution in [0.1, 0.15) is 65.2 Å². The van der Waals surface area contributed by atoms with Gasteiger partial charge in [0, 0.05) is 6.42 Å². The standard InChI is InChI=1S/C13H24O4/c1-3-5-6-7-9-13(16)17-11(8-4-2)10-12(14)15/h11H,3-10H2,1-2H3,(H,14,15). The van der Waals surface area contributed by atoms with Gasteiger partial charge >= 0.3 is 11.9 Å². The summed E-state index contributed by atoms with van der Waals surface area (Å²) >= 11 is 0. The molecule has 0 aromatic rings.